The van der Waals surface area contributed by atoms with E-state index in [-0.39, 0.29) is 22.3 Å². The molecule has 7 nitrogen and oxygen atoms in total. The molecule has 1 saturated carbocycles. The summed E-state index contributed by atoms with van der Waals surface area (Å²) in [4.78, 5) is 24.5. The van der Waals surface area contributed by atoms with Crippen LogP contribution < -0.4 is 15.8 Å². The van der Waals surface area contributed by atoms with Crippen molar-refractivity contribution >= 4 is 21.8 Å². The maximum Gasteiger partial charge on any atom is 0.264 e. The molecular weight excluding hydrogens is 354 g/mol. The van der Waals surface area contributed by atoms with Gasteiger partial charge in [0.05, 0.1) is 10.4 Å². The van der Waals surface area contributed by atoms with Crippen LogP contribution in [-0.2, 0) is 14.8 Å². The van der Waals surface area contributed by atoms with Gasteiger partial charge in [0, 0.05) is 12.1 Å². The second-order valence-electron chi connectivity index (χ2n) is 7.22. The molecule has 1 aliphatic heterocycles. The zero-order valence-electron chi connectivity index (χ0n) is 14.7. The van der Waals surface area contributed by atoms with Crippen molar-refractivity contribution < 1.29 is 18.0 Å². The molecule has 26 heavy (non-hydrogen) atoms. The SMILES string of the molecule is N[C@]12C[C@H]1CCCCCCCNC(=O)c1cccc(c1)S(=O)(=O)NC2=O. The highest BCUT2D eigenvalue weighted by Gasteiger charge is 2.57. The van der Waals surface area contributed by atoms with Crippen LogP contribution in [0.2, 0.25) is 0 Å². The monoisotopic (exact) mass is 379 g/mol. The lowest BCUT2D eigenvalue weighted by Crippen LogP contribution is -2.46. The minimum Gasteiger partial charge on any atom is -0.352 e. The first-order valence-corrected chi connectivity index (χ1v) is 10.6. The lowest BCUT2D eigenvalue weighted by Gasteiger charge is -2.13. The molecule has 8 heteroatoms. The van der Waals surface area contributed by atoms with Gasteiger partial charge in [-0.3, -0.25) is 9.59 Å². The van der Waals surface area contributed by atoms with E-state index in [1.165, 1.54) is 18.2 Å². The average Bonchev–Trinajstić information content (AvgIpc) is 3.28. The number of sulfonamides is 1. The van der Waals surface area contributed by atoms with Gasteiger partial charge < -0.3 is 11.1 Å². The van der Waals surface area contributed by atoms with Gasteiger partial charge in [-0.05, 0) is 43.4 Å². The summed E-state index contributed by atoms with van der Waals surface area (Å²) >= 11 is 0. The Hall–Kier alpha value is -1.93. The number of rotatable bonds is 0. The molecule has 1 fully saturated rings. The van der Waals surface area contributed by atoms with Gasteiger partial charge in [-0.15, -0.1) is 0 Å². The number of nitrogens with one attached hydrogen (secondary N) is 2. The molecule has 3 rings (SSSR count). The molecule has 4 N–H and O–H groups in total. The summed E-state index contributed by atoms with van der Waals surface area (Å²) in [5, 5.41) is 2.80. The van der Waals surface area contributed by atoms with Crippen LogP contribution in [0.15, 0.2) is 29.2 Å². The first-order chi connectivity index (χ1) is 12.3. The predicted octanol–water partition coefficient (Wildman–Crippen LogP) is 1.29. The lowest BCUT2D eigenvalue weighted by atomic mass is 10.1. The molecule has 0 radical (unpaired) electrons. The third-order valence-corrected chi connectivity index (χ3v) is 6.55. The fraction of sp³-hybridized carbons (Fsp3) is 0.556. The molecule has 142 valence electrons. The summed E-state index contributed by atoms with van der Waals surface area (Å²) in [6, 6.07) is 5.66. The maximum atomic E-state index is 12.5. The van der Waals surface area contributed by atoms with Gasteiger partial charge in [-0.2, -0.15) is 0 Å². The summed E-state index contributed by atoms with van der Waals surface area (Å²) < 4.78 is 27.1. The molecular formula is C18H25N3O4S. The van der Waals surface area contributed by atoms with Gasteiger partial charge in [0.2, 0.25) is 0 Å². The Morgan fingerprint density at radius 2 is 1.81 bits per heavy atom. The van der Waals surface area contributed by atoms with Gasteiger partial charge >= 0.3 is 0 Å². The number of carbonyl (C=O) groups excluding carboxylic acids is 2. The second-order valence-corrected chi connectivity index (χ2v) is 8.90. The Morgan fingerprint density at radius 1 is 1.08 bits per heavy atom. The smallest absolute Gasteiger partial charge is 0.264 e. The van der Waals surface area contributed by atoms with Crippen LogP contribution >= 0.6 is 0 Å². The lowest BCUT2D eigenvalue weighted by molar-refractivity contribution is -0.121. The van der Waals surface area contributed by atoms with Crippen LogP contribution in [-0.4, -0.2) is 32.3 Å². The number of carbonyl (C=O) groups is 2. The summed E-state index contributed by atoms with van der Waals surface area (Å²) in [5.74, 6) is -0.958. The van der Waals surface area contributed by atoms with Crippen LogP contribution in [0.5, 0.6) is 0 Å². The Balaban J connectivity index is 1.83. The predicted molar refractivity (Wildman–Crippen MR) is 96.8 cm³/mol. The Bertz CT molecular complexity index is 808. The molecule has 2 amide bonds. The Kier molecular flexibility index (Phi) is 5.34. The fourth-order valence-corrected chi connectivity index (χ4v) is 4.51. The summed E-state index contributed by atoms with van der Waals surface area (Å²) in [6.45, 7) is 0.557. The standard InChI is InChI=1S/C18H25N3O4S/c19-18-12-14(18)8-4-2-1-3-5-10-20-16(22)13-7-6-9-15(11-13)26(24,25)21-17(18)23/h6-7,9,11,14H,1-5,8,10,12,19H2,(H,20,22)(H,21,23)/t14-,18-/m1/s1. The highest BCUT2D eigenvalue weighted by molar-refractivity contribution is 7.90. The van der Waals surface area contributed by atoms with E-state index in [2.05, 4.69) is 10.0 Å². The molecule has 0 saturated heterocycles. The normalized spacial score (nSPS) is 29.7. The van der Waals surface area contributed by atoms with E-state index in [9.17, 15) is 18.0 Å². The molecule has 0 spiro atoms. The largest absolute Gasteiger partial charge is 0.352 e. The van der Waals surface area contributed by atoms with Gasteiger partial charge in [0.25, 0.3) is 21.8 Å². The molecule has 1 aromatic carbocycles. The second kappa shape index (κ2) is 7.36. The van der Waals surface area contributed by atoms with Crippen LogP contribution in [0, 0.1) is 5.92 Å². The van der Waals surface area contributed by atoms with Gasteiger partial charge in [0.1, 0.15) is 0 Å². The van der Waals surface area contributed by atoms with Crippen LogP contribution in [0.4, 0.5) is 0 Å². The Labute approximate surface area is 153 Å². The topological polar surface area (TPSA) is 118 Å². The number of amides is 2. The van der Waals surface area contributed by atoms with Gasteiger partial charge in [-0.25, -0.2) is 13.1 Å². The highest BCUT2D eigenvalue weighted by atomic mass is 32.2. The van der Waals surface area contributed by atoms with Crippen LogP contribution in [0.1, 0.15) is 55.3 Å². The van der Waals surface area contributed by atoms with Crippen molar-refractivity contribution in [3.63, 3.8) is 0 Å². The number of nitrogens with two attached hydrogens (primary N) is 1. The van der Waals surface area contributed by atoms with E-state index in [1.807, 2.05) is 0 Å². The van der Waals surface area contributed by atoms with Crippen LogP contribution in [0.25, 0.3) is 0 Å². The molecule has 0 aromatic heterocycles. The highest BCUT2D eigenvalue weighted by Crippen LogP contribution is 2.45. The molecule has 2 aliphatic rings. The van der Waals surface area contributed by atoms with E-state index >= 15 is 0 Å². The zero-order chi connectivity index (χ0) is 18.8. The summed E-state index contributed by atoms with van der Waals surface area (Å²) in [7, 11) is -4.07. The van der Waals surface area contributed by atoms with Crippen molar-refractivity contribution in [3.05, 3.63) is 29.8 Å². The number of hydrogen-bond acceptors (Lipinski definition) is 5. The van der Waals surface area contributed by atoms with E-state index in [1.54, 1.807) is 6.07 Å². The minimum absolute atomic E-state index is 0.0305. The summed E-state index contributed by atoms with van der Waals surface area (Å²) in [6.07, 6.45) is 6.32. The number of hydrogen-bond donors (Lipinski definition) is 3. The minimum atomic E-state index is -4.07. The number of fused-ring (bicyclic) bond motifs is 3. The van der Waals surface area contributed by atoms with Crippen molar-refractivity contribution in [2.45, 2.75) is 55.4 Å². The fourth-order valence-electron chi connectivity index (χ4n) is 3.42. The van der Waals surface area contributed by atoms with Crippen molar-refractivity contribution in [3.8, 4) is 0 Å². The molecule has 0 unspecified atom stereocenters. The van der Waals surface area contributed by atoms with E-state index < -0.39 is 21.5 Å². The van der Waals surface area contributed by atoms with Crippen molar-refractivity contribution in [1.29, 1.82) is 0 Å². The van der Waals surface area contributed by atoms with Crippen molar-refractivity contribution in [2.24, 2.45) is 11.7 Å². The van der Waals surface area contributed by atoms with Crippen molar-refractivity contribution in [1.82, 2.24) is 10.0 Å². The van der Waals surface area contributed by atoms with E-state index in [4.69, 9.17) is 5.73 Å². The molecule has 1 heterocycles. The Morgan fingerprint density at radius 3 is 2.62 bits per heavy atom. The van der Waals surface area contributed by atoms with Gasteiger partial charge in [-0.1, -0.05) is 31.7 Å². The van der Waals surface area contributed by atoms with E-state index in [0.29, 0.717) is 13.0 Å². The third kappa shape index (κ3) is 4.07. The third-order valence-electron chi connectivity index (χ3n) is 5.22. The zero-order valence-corrected chi connectivity index (χ0v) is 15.5. The van der Waals surface area contributed by atoms with Crippen LogP contribution in [0.3, 0.4) is 0 Å². The quantitative estimate of drug-likeness (QED) is 0.628. The average molecular weight is 379 g/mol. The number of benzene rings is 1. The molecule has 2 atom stereocenters. The van der Waals surface area contributed by atoms with E-state index in [0.717, 1.165) is 38.5 Å². The van der Waals surface area contributed by atoms with Crippen molar-refractivity contribution in [2.75, 3.05) is 6.54 Å². The molecule has 1 aliphatic carbocycles. The molecule has 2 bridgehead atoms. The summed E-state index contributed by atoms with van der Waals surface area (Å²) in [5.41, 5.74) is 5.25. The maximum absolute atomic E-state index is 12.5. The first kappa shape index (κ1) is 18.8. The van der Waals surface area contributed by atoms with Gasteiger partial charge in [0.15, 0.2) is 0 Å². The molecule has 1 aromatic rings. The first-order valence-electron chi connectivity index (χ1n) is 9.07.